The second-order valence-corrected chi connectivity index (χ2v) is 5.22. The van der Waals surface area contributed by atoms with Gasteiger partial charge in [-0.2, -0.15) is 0 Å². The molecule has 1 saturated heterocycles. The highest BCUT2D eigenvalue weighted by atomic mass is 16.5. The van der Waals surface area contributed by atoms with Crippen LogP contribution in [0.5, 0.6) is 0 Å². The summed E-state index contributed by atoms with van der Waals surface area (Å²) in [7, 11) is 1.98. The van der Waals surface area contributed by atoms with Crippen LogP contribution in [0.25, 0.3) is 0 Å². The predicted octanol–water partition coefficient (Wildman–Crippen LogP) is 1.91. The van der Waals surface area contributed by atoms with Gasteiger partial charge in [0, 0.05) is 13.2 Å². The largest absolute Gasteiger partial charge is 0.373 e. The van der Waals surface area contributed by atoms with E-state index < -0.39 is 0 Å². The minimum absolute atomic E-state index is 0.152. The number of aromatic nitrogens is 3. The molecule has 1 aliphatic heterocycles. The van der Waals surface area contributed by atoms with Crippen molar-refractivity contribution in [3.8, 4) is 0 Å². The lowest BCUT2D eigenvalue weighted by molar-refractivity contribution is -0.0900. The Labute approximate surface area is 109 Å². The third-order valence-electron chi connectivity index (χ3n) is 3.78. The van der Waals surface area contributed by atoms with E-state index in [1.165, 1.54) is 12.8 Å². The summed E-state index contributed by atoms with van der Waals surface area (Å²) in [6.45, 7) is 6.10. The van der Waals surface area contributed by atoms with Gasteiger partial charge in [0.25, 0.3) is 0 Å². The average Bonchev–Trinajstić information content (AvgIpc) is 2.79. The maximum atomic E-state index is 6.04. The Balaban J connectivity index is 2.23. The SMILES string of the molecule is CCCn1nncc1C(NC)C1(C)CCCCO1. The fourth-order valence-corrected chi connectivity index (χ4v) is 2.82. The zero-order chi connectivity index (χ0) is 13.0. The summed E-state index contributed by atoms with van der Waals surface area (Å²) in [5.41, 5.74) is 0.976. The molecule has 2 heterocycles. The molecule has 102 valence electrons. The standard InChI is InChI=1S/C13H24N4O/c1-4-8-17-11(10-15-16-17)12(14-3)13(2)7-5-6-9-18-13/h10,12,14H,4-9H2,1-3H3. The fourth-order valence-electron chi connectivity index (χ4n) is 2.82. The molecule has 2 atom stereocenters. The summed E-state index contributed by atoms with van der Waals surface area (Å²) >= 11 is 0. The van der Waals surface area contributed by atoms with Gasteiger partial charge in [-0.05, 0) is 39.7 Å². The normalized spacial score (nSPS) is 26.2. The Hall–Kier alpha value is -0.940. The Kier molecular flexibility index (Phi) is 4.35. The van der Waals surface area contributed by atoms with Crippen molar-refractivity contribution in [2.45, 2.75) is 57.7 Å². The molecule has 1 aromatic heterocycles. The van der Waals surface area contributed by atoms with Crippen LogP contribution in [0.4, 0.5) is 0 Å². The molecule has 2 rings (SSSR count). The second kappa shape index (κ2) is 5.80. The summed E-state index contributed by atoms with van der Waals surface area (Å²) in [6, 6.07) is 0.152. The van der Waals surface area contributed by atoms with Crippen LogP contribution in [-0.4, -0.2) is 34.2 Å². The van der Waals surface area contributed by atoms with Gasteiger partial charge < -0.3 is 10.1 Å². The molecular weight excluding hydrogens is 228 g/mol. The lowest BCUT2D eigenvalue weighted by atomic mass is 9.86. The van der Waals surface area contributed by atoms with Crippen LogP contribution in [0.15, 0.2) is 6.20 Å². The molecule has 1 aliphatic rings. The number of ether oxygens (including phenoxy) is 1. The van der Waals surface area contributed by atoms with Gasteiger partial charge in [0.1, 0.15) is 0 Å². The van der Waals surface area contributed by atoms with Gasteiger partial charge >= 0.3 is 0 Å². The van der Waals surface area contributed by atoms with E-state index in [4.69, 9.17) is 4.74 Å². The van der Waals surface area contributed by atoms with E-state index in [2.05, 4.69) is 29.5 Å². The number of likely N-dealkylation sites (N-methyl/N-ethyl adjacent to an activating group) is 1. The van der Waals surface area contributed by atoms with E-state index in [0.717, 1.165) is 31.7 Å². The number of hydrogen-bond donors (Lipinski definition) is 1. The van der Waals surface area contributed by atoms with Crippen LogP contribution in [0, 0.1) is 0 Å². The summed E-state index contributed by atoms with van der Waals surface area (Å²) in [4.78, 5) is 0. The van der Waals surface area contributed by atoms with Crippen LogP contribution in [0.3, 0.4) is 0 Å². The molecule has 0 amide bonds. The molecular formula is C13H24N4O. The van der Waals surface area contributed by atoms with Crippen LogP contribution < -0.4 is 5.32 Å². The van der Waals surface area contributed by atoms with E-state index in [0.29, 0.717) is 0 Å². The van der Waals surface area contributed by atoms with Crippen molar-refractivity contribution >= 4 is 0 Å². The molecule has 5 heteroatoms. The lowest BCUT2D eigenvalue weighted by Gasteiger charge is -2.40. The zero-order valence-electron chi connectivity index (χ0n) is 11.6. The van der Waals surface area contributed by atoms with Crippen molar-refractivity contribution in [3.63, 3.8) is 0 Å². The number of rotatable bonds is 5. The number of hydrogen-bond acceptors (Lipinski definition) is 4. The van der Waals surface area contributed by atoms with Crippen molar-refractivity contribution in [1.29, 1.82) is 0 Å². The van der Waals surface area contributed by atoms with E-state index in [9.17, 15) is 0 Å². The van der Waals surface area contributed by atoms with Crippen LogP contribution >= 0.6 is 0 Å². The molecule has 0 aliphatic carbocycles. The zero-order valence-corrected chi connectivity index (χ0v) is 11.6. The van der Waals surface area contributed by atoms with Crippen LogP contribution in [0.2, 0.25) is 0 Å². The summed E-state index contributed by atoms with van der Waals surface area (Å²) in [6.07, 6.45) is 6.39. The minimum Gasteiger partial charge on any atom is -0.373 e. The van der Waals surface area contributed by atoms with Gasteiger partial charge in [0.05, 0.1) is 23.5 Å². The Morgan fingerprint density at radius 2 is 2.39 bits per heavy atom. The average molecular weight is 252 g/mol. The van der Waals surface area contributed by atoms with Gasteiger partial charge in [0.2, 0.25) is 0 Å². The third kappa shape index (κ3) is 2.57. The maximum Gasteiger partial charge on any atom is 0.0864 e. The summed E-state index contributed by atoms with van der Waals surface area (Å²) in [5.74, 6) is 0. The van der Waals surface area contributed by atoms with Gasteiger partial charge in [-0.15, -0.1) is 5.10 Å². The van der Waals surface area contributed by atoms with Gasteiger partial charge in [-0.25, -0.2) is 4.68 Å². The van der Waals surface area contributed by atoms with Crippen molar-refractivity contribution in [2.24, 2.45) is 0 Å². The highest BCUT2D eigenvalue weighted by molar-refractivity contribution is 5.10. The molecule has 0 spiro atoms. The monoisotopic (exact) mass is 252 g/mol. The number of nitrogens with zero attached hydrogens (tertiary/aromatic N) is 3. The molecule has 18 heavy (non-hydrogen) atoms. The molecule has 0 aromatic carbocycles. The van der Waals surface area contributed by atoms with E-state index in [-0.39, 0.29) is 11.6 Å². The summed E-state index contributed by atoms with van der Waals surface area (Å²) < 4.78 is 8.03. The maximum absolute atomic E-state index is 6.04. The van der Waals surface area contributed by atoms with Crippen molar-refractivity contribution < 1.29 is 4.74 Å². The van der Waals surface area contributed by atoms with Crippen molar-refractivity contribution in [2.75, 3.05) is 13.7 Å². The first kappa shape index (κ1) is 13.5. The summed E-state index contributed by atoms with van der Waals surface area (Å²) in [5, 5.41) is 11.6. The van der Waals surface area contributed by atoms with E-state index in [1.54, 1.807) is 0 Å². The highest BCUT2D eigenvalue weighted by Gasteiger charge is 2.38. The Morgan fingerprint density at radius 1 is 1.56 bits per heavy atom. The topological polar surface area (TPSA) is 52.0 Å². The van der Waals surface area contributed by atoms with Crippen LogP contribution in [0.1, 0.15) is 51.3 Å². The Bertz CT molecular complexity index is 371. The number of aryl methyl sites for hydroxylation is 1. The first-order chi connectivity index (χ1) is 8.71. The molecule has 1 fully saturated rings. The first-order valence-corrected chi connectivity index (χ1v) is 6.91. The van der Waals surface area contributed by atoms with Gasteiger partial charge in [-0.1, -0.05) is 12.1 Å². The molecule has 0 bridgehead atoms. The number of nitrogens with one attached hydrogen (secondary N) is 1. The highest BCUT2D eigenvalue weighted by Crippen LogP contribution is 2.36. The molecule has 0 saturated carbocycles. The molecule has 1 aromatic rings. The van der Waals surface area contributed by atoms with E-state index >= 15 is 0 Å². The van der Waals surface area contributed by atoms with Gasteiger partial charge in [-0.3, -0.25) is 0 Å². The van der Waals surface area contributed by atoms with Crippen molar-refractivity contribution in [3.05, 3.63) is 11.9 Å². The van der Waals surface area contributed by atoms with Gasteiger partial charge in [0.15, 0.2) is 0 Å². The smallest absolute Gasteiger partial charge is 0.0864 e. The van der Waals surface area contributed by atoms with Crippen molar-refractivity contribution in [1.82, 2.24) is 20.3 Å². The lowest BCUT2D eigenvalue weighted by Crippen LogP contribution is -2.45. The Morgan fingerprint density at radius 3 is 3.00 bits per heavy atom. The molecule has 5 nitrogen and oxygen atoms in total. The second-order valence-electron chi connectivity index (χ2n) is 5.22. The third-order valence-corrected chi connectivity index (χ3v) is 3.78. The fraction of sp³-hybridized carbons (Fsp3) is 0.846. The quantitative estimate of drug-likeness (QED) is 0.869. The molecule has 0 radical (unpaired) electrons. The molecule has 1 N–H and O–H groups in total. The van der Waals surface area contributed by atoms with Crippen LogP contribution in [-0.2, 0) is 11.3 Å². The minimum atomic E-state index is -0.153. The first-order valence-electron chi connectivity index (χ1n) is 6.91. The predicted molar refractivity (Wildman–Crippen MR) is 70.3 cm³/mol. The van der Waals surface area contributed by atoms with E-state index in [1.807, 2.05) is 17.9 Å². The molecule has 2 unspecified atom stereocenters.